The SMILES string of the molecule is CCCc1c(OCc2cccc(Sc3cccc(C#N)c3)c2)ccc(C(C)=O)c1O. The number of carbonyl (C=O) groups excluding carboxylic acids is 1. The molecule has 0 saturated carbocycles. The molecule has 4 nitrogen and oxygen atoms in total. The van der Waals surface area contributed by atoms with E-state index in [4.69, 9.17) is 10.00 Å². The van der Waals surface area contributed by atoms with Gasteiger partial charge in [0.15, 0.2) is 5.78 Å². The van der Waals surface area contributed by atoms with Gasteiger partial charge in [-0.05, 0) is 61.4 Å². The highest BCUT2D eigenvalue weighted by atomic mass is 32.2. The Bertz CT molecular complexity index is 1100. The summed E-state index contributed by atoms with van der Waals surface area (Å²) < 4.78 is 6.01. The number of ketones is 1. The highest BCUT2D eigenvalue weighted by Crippen LogP contribution is 2.34. The molecule has 3 aromatic carbocycles. The van der Waals surface area contributed by atoms with E-state index < -0.39 is 0 Å². The van der Waals surface area contributed by atoms with E-state index in [2.05, 4.69) is 6.07 Å². The molecule has 0 aliphatic rings. The number of phenols is 1. The summed E-state index contributed by atoms with van der Waals surface area (Å²) in [4.78, 5) is 13.8. The number of hydrogen-bond acceptors (Lipinski definition) is 5. The van der Waals surface area contributed by atoms with Gasteiger partial charge in [0.05, 0.1) is 17.2 Å². The third-order valence-corrected chi connectivity index (χ3v) is 5.59. The van der Waals surface area contributed by atoms with Gasteiger partial charge in [-0.1, -0.05) is 43.3 Å². The first kappa shape index (κ1) is 21.5. The van der Waals surface area contributed by atoms with Crippen LogP contribution in [0.25, 0.3) is 0 Å². The third-order valence-electron chi connectivity index (χ3n) is 4.61. The largest absolute Gasteiger partial charge is 0.507 e. The monoisotopic (exact) mass is 417 g/mol. The molecule has 0 heterocycles. The second kappa shape index (κ2) is 10.00. The predicted molar refractivity (Wildman–Crippen MR) is 118 cm³/mol. The number of nitriles is 1. The fourth-order valence-corrected chi connectivity index (χ4v) is 4.12. The van der Waals surface area contributed by atoms with Gasteiger partial charge in [0.25, 0.3) is 0 Å². The molecule has 0 radical (unpaired) electrons. The normalized spacial score (nSPS) is 10.4. The van der Waals surface area contributed by atoms with Crippen molar-refractivity contribution in [2.45, 2.75) is 43.1 Å². The van der Waals surface area contributed by atoms with Crippen molar-refractivity contribution in [1.82, 2.24) is 0 Å². The van der Waals surface area contributed by atoms with E-state index in [0.29, 0.717) is 35.5 Å². The predicted octanol–water partition coefficient (Wildman–Crippen LogP) is 6.15. The molecule has 152 valence electrons. The van der Waals surface area contributed by atoms with Crippen molar-refractivity contribution >= 4 is 17.5 Å². The lowest BCUT2D eigenvalue weighted by atomic mass is 10.0. The molecule has 0 spiro atoms. The van der Waals surface area contributed by atoms with Gasteiger partial charge in [-0.3, -0.25) is 4.79 Å². The number of ether oxygens (including phenoxy) is 1. The van der Waals surface area contributed by atoms with Gasteiger partial charge in [-0.15, -0.1) is 0 Å². The van der Waals surface area contributed by atoms with Crippen molar-refractivity contribution in [3.8, 4) is 17.6 Å². The molecule has 0 bridgehead atoms. The Labute approximate surface area is 181 Å². The number of phenolic OH excluding ortho intramolecular Hbond substituents is 1. The summed E-state index contributed by atoms with van der Waals surface area (Å²) in [6.45, 7) is 3.81. The van der Waals surface area contributed by atoms with Crippen LogP contribution in [0.15, 0.2) is 70.5 Å². The van der Waals surface area contributed by atoms with E-state index in [1.807, 2.05) is 49.4 Å². The highest BCUT2D eigenvalue weighted by Gasteiger charge is 2.16. The molecule has 30 heavy (non-hydrogen) atoms. The summed E-state index contributed by atoms with van der Waals surface area (Å²) in [6.07, 6.45) is 1.46. The van der Waals surface area contributed by atoms with Gasteiger partial charge >= 0.3 is 0 Å². The number of benzene rings is 3. The molecule has 0 unspecified atom stereocenters. The summed E-state index contributed by atoms with van der Waals surface area (Å²) in [5, 5.41) is 19.6. The van der Waals surface area contributed by atoms with Crippen LogP contribution >= 0.6 is 11.8 Å². The van der Waals surface area contributed by atoms with Crippen molar-refractivity contribution in [2.75, 3.05) is 0 Å². The van der Waals surface area contributed by atoms with Crippen molar-refractivity contribution in [3.63, 3.8) is 0 Å². The Balaban J connectivity index is 1.76. The molecular weight excluding hydrogens is 394 g/mol. The smallest absolute Gasteiger partial charge is 0.163 e. The number of aromatic hydroxyl groups is 1. The number of hydrogen-bond donors (Lipinski definition) is 1. The first-order chi connectivity index (χ1) is 14.5. The van der Waals surface area contributed by atoms with Crippen LogP contribution in [0.2, 0.25) is 0 Å². The maximum absolute atomic E-state index is 11.7. The van der Waals surface area contributed by atoms with Gasteiger partial charge < -0.3 is 9.84 Å². The topological polar surface area (TPSA) is 70.3 Å². The first-order valence-electron chi connectivity index (χ1n) is 9.77. The van der Waals surface area contributed by atoms with Crippen LogP contribution in [0.1, 0.15) is 47.3 Å². The molecule has 0 aromatic heterocycles. The Kier molecular flexibility index (Phi) is 7.16. The Morgan fingerprint density at radius 3 is 2.53 bits per heavy atom. The Hall–Kier alpha value is -3.23. The quantitative estimate of drug-likeness (QED) is 0.445. The molecule has 0 saturated heterocycles. The van der Waals surface area contributed by atoms with E-state index in [1.54, 1.807) is 30.0 Å². The fraction of sp³-hybridized carbons (Fsp3) is 0.200. The number of nitrogens with zero attached hydrogens (tertiary/aromatic N) is 1. The number of carbonyl (C=O) groups is 1. The zero-order chi connectivity index (χ0) is 21.5. The molecular formula is C25H23NO3S. The van der Waals surface area contributed by atoms with Gasteiger partial charge in [-0.2, -0.15) is 5.26 Å². The number of Topliss-reactive ketones (excluding diaryl/α,β-unsaturated/α-hetero) is 1. The van der Waals surface area contributed by atoms with E-state index in [1.165, 1.54) is 6.92 Å². The lowest BCUT2D eigenvalue weighted by molar-refractivity contribution is 0.101. The van der Waals surface area contributed by atoms with Crippen LogP contribution in [0.3, 0.4) is 0 Å². The van der Waals surface area contributed by atoms with Crippen LogP contribution < -0.4 is 4.74 Å². The van der Waals surface area contributed by atoms with Crippen molar-refractivity contribution < 1.29 is 14.6 Å². The number of rotatable bonds is 8. The standard InChI is InChI=1S/C25H23NO3S/c1-3-6-23-24(12-11-22(17(2)27)25(23)28)29-16-19-8-5-10-21(14-19)30-20-9-4-7-18(13-20)15-26/h4-5,7-14,28H,3,6,16H2,1-2H3. The van der Waals surface area contributed by atoms with E-state index in [0.717, 1.165) is 21.8 Å². The molecule has 0 amide bonds. The molecule has 0 aliphatic carbocycles. The highest BCUT2D eigenvalue weighted by molar-refractivity contribution is 7.99. The lowest BCUT2D eigenvalue weighted by Gasteiger charge is -2.15. The fourth-order valence-electron chi connectivity index (χ4n) is 3.15. The van der Waals surface area contributed by atoms with E-state index in [-0.39, 0.29) is 11.5 Å². The summed E-state index contributed by atoms with van der Waals surface area (Å²) in [5.41, 5.74) is 2.62. The maximum atomic E-state index is 11.7. The minimum Gasteiger partial charge on any atom is -0.507 e. The average molecular weight is 418 g/mol. The molecule has 3 rings (SSSR count). The maximum Gasteiger partial charge on any atom is 0.163 e. The summed E-state index contributed by atoms with van der Waals surface area (Å²) in [5.74, 6) is 0.448. The summed E-state index contributed by atoms with van der Waals surface area (Å²) >= 11 is 1.59. The molecule has 3 aromatic rings. The van der Waals surface area contributed by atoms with Crippen molar-refractivity contribution in [3.05, 3.63) is 82.9 Å². The third kappa shape index (κ3) is 5.22. The zero-order valence-electron chi connectivity index (χ0n) is 17.0. The van der Waals surface area contributed by atoms with Gasteiger partial charge in [0, 0.05) is 15.4 Å². The van der Waals surface area contributed by atoms with Crippen LogP contribution in [0.5, 0.6) is 11.5 Å². The molecule has 0 fully saturated rings. The van der Waals surface area contributed by atoms with Crippen LogP contribution in [-0.4, -0.2) is 10.9 Å². The summed E-state index contributed by atoms with van der Waals surface area (Å²) in [6, 6.07) is 21.1. The van der Waals surface area contributed by atoms with Crippen LogP contribution in [-0.2, 0) is 13.0 Å². The Morgan fingerprint density at radius 1 is 1.10 bits per heavy atom. The summed E-state index contributed by atoms with van der Waals surface area (Å²) in [7, 11) is 0. The van der Waals surface area contributed by atoms with Crippen molar-refractivity contribution in [1.29, 1.82) is 5.26 Å². The minimum absolute atomic E-state index is 0.0172. The van der Waals surface area contributed by atoms with Gasteiger partial charge in [0.2, 0.25) is 0 Å². The van der Waals surface area contributed by atoms with Gasteiger partial charge in [-0.25, -0.2) is 0 Å². The average Bonchev–Trinajstić information content (AvgIpc) is 2.74. The zero-order valence-corrected chi connectivity index (χ0v) is 17.8. The second-order valence-corrected chi connectivity index (χ2v) is 8.07. The molecule has 1 N–H and O–H groups in total. The van der Waals surface area contributed by atoms with Crippen LogP contribution in [0.4, 0.5) is 0 Å². The van der Waals surface area contributed by atoms with Gasteiger partial charge in [0.1, 0.15) is 18.1 Å². The van der Waals surface area contributed by atoms with E-state index in [9.17, 15) is 9.90 Å². The lowest BCUT2D eigenvalue weighted by Crippen LogP contribution is -2.02. The second-order valence-electron chi connectivity index (χ2n) is 6.92. The van der Waals surface area contributed by atoms with Crippen LogP contribution in [0, 0.1) is 11.3 Å². The molecule has 0 atom stereocenters. The molecule has 5 heteroatoms. The van der Waals surface area contributed by atoms with Crippen molar-refractivity contribution in [2.24, 2.45) is 0 Å². The van der Waals surface area contributed by atoms with E-state index >= 15 is 0 Å². The first-order valence-corrected chi connectivity index (χ1v) is 10.6. The minimum atomic E-state index is -0.165. The Morgan fingerprint density at radius 2 is 1.83 bits per heavy atom. The molecule has 0 aliphatic heterocycles.